The monoisotopic (exact) mass is 1110 g/mol. The predicted molar refractivity (Wildman–Crippen MR) is 359 cm³/mol. The summed E-state index contributed by atoms with van der Waals surface area (Å²) in [7, 11) is 0. The fourth-order valence-electron chi connectivity index (χ4n) is 10.7. The van der Waals surface area contributed by atoms with Crippen molar-refractivity contribution in [2.24, 2.45) is 0 Å². The third-order valence-corrected chi connectivity index (χ3v) is 16.1. The Morgan fingerprint density at radius 3 is 0.875 bits per heavy atom. The molecule has 0 aliphatic heterocycles. The van der Waals surface area contributed by atoms with Gasteiger partial charge in [0.1, 0.15) is 0 Å². The Morgan fingerprint density at radius 1 is 0.312 bits per heavy atom. The van der Waals surface area contributed by atoms with Crippen LogP contribution in [0.5, 0.6) is 0 Å². The summed E-state index contributed by atoms with van der Waals surface area (Å²) in [6.45, 7) is 4.21. The van der Waals surface area contributed by atoms with Gasteiger partial charge in [-0.2, -0.15) is 0 Å². The lowest BCUT2D eigenvalue weighted by molar-refractivity contribution is -0.123. The average Bonchev–Trinajstić information content (AvgIpc) is 3.46. The number of carbonyl (C=O) groups is 1. The zero-order valence-electron chi connectivity index (χ0n) is 53.6. The molecule has 0 spiro atoms. The second-order valence-corrected chi connectivity index (χ2v) is 23.9. The number of rotatable bonds is 65. The van der Waals surface area contributed by atoms with Crippen LogP contribution < -0.4 is 5.32 Å². The highest BCUT2D eigenvalue weighted by molar-refractivity contribution is 5.76. The molecule has 0 saturated carbocycles. The van der Waals surface area contributed by atoms with Crippen LogP contribution in [-0.4, -0.2) is 34.9 Å². The van der Waals surface area contributed by atoms with E-state index in [1.54, 1.807) is 6.08 Å². The maximum Gasteiger partial charge on any atom is 0.220 e. The third kappa shape index (κ3) is 66.1. The molecule has 2 atom stereocenters. The van der Waals surface area contributed by atoms with E-state index >= 15 is 0 Å². The van der Waals surface area contributed by atoms with Gasteiger partial charge in [-0.25, -0.2) is 0 Å². The molecule has 1 amide bonds. The topological polar surface area (TPSA) is 69.6 Å². The van der Waals surface area contributed by atoms with Crippen LogP contribution in [0.3, 0.4) is 0 Å². The summed E-state index contributed by atoms with van der Waals surface area (Å²) in [4.78, 5) is 12.5. The molecule has 0 bridgehead atoms. The van der Waals surface area contributed by atoms with Crippen LogP contribution in [0, 0.1) is 0 Å². The van der Waals surface area contributed by atoms with Crippen LogP contribution in [-0.2, 0) is 4.79 Å². The predicted octanol–water partition coefficient (Wildman–Crippen LogP) is 24.4. The molecule has 0 aromatic heterocycles. The zero-order chi connectivity index (χ0) is 57.6. The molecule has 0 heterocycles. The van der Waals surface area contributed by atoms with E-state index in [1.807, 2.05) is 6.08 Å². The number of hydrogen-bond donors (Lipinski definition) is 3. The first-order chi connectivity index (χ1) is 39.7. The SMILES string of the molecule is CC/C=C\C/C=C\C/C=C\C/C=C\C/C=C\C/C=C\CCCCCCCCCCCCCCCCCCCCCCC(=O)NC(CO)C(O)/C=C/CC/C=C/CCCCCCCCCCCCCCCCCCCCCCCCC. The van der Waals surface area contributed by atoms with Crippen LogP contribution >= 0.6 is 0 Å². The molecule has 0 rings (SSSR count). The van der Waals surface area contributed by atoms with Crippen LogP contribution in [0.1, 0.15) is 361 Å². The summed E-state index contributed by atoms with van der Waals surface area (Å²) < 4.78 is 0. The summed E-state index contributed by atoms with van der Waals surface area (Å²) in [5.74, 6) is -0.0697. The average molecular weight is 1110 g/mol. The van der Waals surface area contributed by atoms with Crippen molar-refractivity contribution in [1.29, 1.82) is 0 Å². The number of aliphatic hydroxyl groups excluding tert-OH is 2. The van der Waals surface area contributed by atoms with Gasteiger partial charge in [0.25, 0.3) is 0 Å². The van der Waals surface area contributed by atoms with Gasteiger partial charge in [-0.3, -0.25) is 4.79 Å². The molecule has 2 unspecified atom stereocenters. The Hall–Kier alpha value is -2.69. The van der Waals surface area contributed by atoms with Crippen LogP contribution in [0.25, 0.3) is 0 Å². The standard InChI is InChI=1S/C76H137NO3/c1-3-5-7-9-11-13-15-17-19-21-23-25-27-29-31-33-34-35-36-37-38-39-40-41-42-44-46-48-50-52-54-56-58-60-62-64-66-68-70-72-76(80)77-74(73-78)75(79)71-69-67-65-63-61-59-57-55-53-51-49-47-45-43-32-30-28-26-24-22-20-18-16-14-12-10-8-6-4-2/h5,7,11,13,17,19,23,25,29,31,34-35,61,63,69,71,74-75,78-79H,3-4,6,8-10,12,14-16,18,20-22,24,26-28,30,32-33,36-60,62,64-68,70,72-73H2,1-2H3,(H,77,80)/b7-5-,13-11-,19-17-,25-23-,31-29-,35-34-,63-61+,71-69+. The minimum Gasteiger partial charge on any atom is -0.394 e. The molecule has 0 aliphatic rings. The van der Waals surface area contributed by atoms with E-state index in [2.05, 4.69) is 104 Å². The van der Waals surface area contributed by atoms with Crippen molar-refractivity contribution in [3.8, 4) is 0 Å². The second kappa shape index (κ2) is 70.6. The number of unbranched alkanes of at least 4 members (excludes halogenated alkanes) is 44. The van der Waals surface area contributed by atoms with Gasteiger partial charge in [0, 0.05) is 6.42 Å². The van der Waals surface area contributed by atoms with Gasteiger partial charge in [0.05, 0.1) is 18.8 Å². The van der Waals surface area contributed by atoms with E-state index in [4.69, 9.17) is 0 Å². The molecule has 0 aromatic carbocycles. The first-order valence-corrected chi connectivity index (χ1v) is 35.5. The minimum absolute atomic E-state index is 0.0697. The Kier molecular flexibility index (Phi) is 68.2. The minimum atomic E-state index is -0.867. The van der Waals surface area contributed by atoms with Gasteiger partial charge < -0.3 is 15.5 Å². The summed E-state index contributed by atoms with van der Waals surface area (Å²) >= 11 is 0. The molecule has 4 nitrogen and oxygen atoms in total. The van der Waals surface area contributed by atoms with Crippen molar-refractivity contribution >= 4 is 5.91 Å². The van der Waals surface area contributed by atoms with Crippen LogP contribution in [0.4, 0.5) is 0 Å². The van der Waals surface area contributed by atoms with E-state index in [1.165, 1.54) is 270 Å². The van der Waals surface area contributed by atoms with E-state index in [-0.39, 0.29) is 12.5 Å². The molecule has 3 N–H and O–H groups in total. The zero-order valence-corrected chi connectivity index (χ0v) is 53.6. The molecule has 464 valence electrons. The number of amides is 1. The van der Waals surface area contributed by atoms with Gasteiger partial charge in [-0.1, -0.05) is 368 Å². The van der Waals surface area contributed by atoms with E-state index in [9.17, 15) is 15.0 Å². The van der Waals surface area contributed by atoms with E-state index < -0.39 is 12.1 Å². The van der Waals surface area contributed by atoms with Crippen molar-refractivity contribution in [1.82, 2.24) is 5.32 Å². The van der Waals surface area contributed by atoms with Gasteiger partial charge in [0.15, 0.2) is 0 Å². The summed E-state index contributed by atoms with van der Waals surface area (Å²) in [5.41, 5.74) is 0. The van der Waals surface area contributed by atoms with Crippen molar-refractivity contribution in [3.05, 3.63) is 97.2 Å². The molecule has 0 aromatic rings. The highest BCUT2D eigenvalue weighted by Crippen LogP contribution is 2.18. The highest BCUT2D eigenvalue weighted by atomic mass is 16.3. The van der Waals surface area contributed by atoms with Gasteiger partial charge in [-0.05, 0) is 83.5 Å². The van der Waals surface area contributed by atoms with Crippen LogP contribution in [0.2, 0.25) is 0 Å². The molecule has 0 saturated heterocycles. The number of nitrogens with one attached hydrogen (secondary N) is 1. The molecular weight excluding hydrogens is 975 g/mol. The molecule has 0 fully saturated rings. The Labute approximate surface area is 500 Å². The summed E-state index contributed by atoms with van der Waals surface area (Å²) in [5, 5.41) is 23.3. The fraction of sp³-hybridized carbons (Fsp3) is 0.776. The smallest absolute Gasteiger partial charge is 0.220 e. The lowest BCUT2D eigenvalue weighted by Crippen LogP contribution is -2.45. The van der Waals surface area contributed by atoms with Gasteiger partial charge >= 0.3 is 0 Å². The molecule has 0 radical (unpaired) electrons. The maximum absolute atomic E-state index is 12.5. The van der Waals surface area contributed by atoms with Crippen molar-refractivity contribution < 1.29 is 15.0 Å². The third-order valence-electron chi connectivity index (χ3n) is 16.1. The number of carbonyl (C=O) groups excluding carboxylic acids is 1. The molecule has 4 heteroatoms. The maximum atomic E-state index is 12.5. The van der Waals surface area contributed by atoms with E-state index in [0.717, 1.165) is 70.6 Å². The van der Waals surface area contributed by atoms with Crippen LogP contribution in [0.15, 0.2) is 97.2 Å². The van der Waals surface area contributed by atoms with Crippen molar-refractivity contribution in [3.63, 3.8) is 0 Å². The summed E-state index contributed by atoms with van der Waals surface area (Å²) in [6, 6.07) is -0.644. The quantitative estimate of drug-likeness (QED) is 0.0420. The summed E-state index contributed by atoms with van der Waals surface area (Å²) in [6.07, 6.45) is 105. The fourth-order valence-corrected chi connectivity index (χ4v) is 10.7. The normalized spacial score (nSPS) is 13.3. The lowest BCUT2D eigenvalue weighted by atomic mass is 10.0. The Balaban J connectivity index is 3.48. The number of allylic oxidation sites excluding steroid dienone is 15. The Morgan fingerprint density at radius 2 is 0.562 bits per heavy atom. The van der Waals surface area contributed by atoms with Gasteiger partial charge in [-0.15, -0.1) is 0 Å². The molecule has 0 aliphatic carbocycles. The largest absolute Gasteiger partial charge is 0.394 e. The molecular formula is C76H137NO3. The van der Waals surface area contributed by atoms with Crippen molar-refractivity contribution in [2.45, 2.75) is 373 Å². The first kappa shape index (κ1) is 77.3. The molecule has 80 heavy (non-hydrogen) atoms. The number of aliphatic hydroxyl groups is 2. The second-order valence-electron chi connectivity index (χ2n) is 23.9. The lowest BCUT2D eigenvalue weighted by Gasteiger charge is -2.19. The number of hydrogen-bond acceptors (Lipinski definition) is 3. The van der Waals surface area contributed by atoms with Crippen molar-refractivity contribution in [2.75, 3.05) is 6.61 Å². The van der Waals surface area contributed by atoms with Gasteiger partial charge in [0.2, 0.25) is 5.91 Å². The Bertz CT molecular complexity index is 1450. The van der Waals surface area contributed by atoms with E-state index in [0.29, 0.717) is 6.42 Å². The first-order valence-electron chi connectivity index (χ1n) is 35.5. The highest BCUT2D eigenvalue weighted by Gasteiger charge is 2.18.